The molecule has 4 rings (SSSR count). The Morgan fingerprint density at radius 1 is 0.814 bits per heavy atom. The lowest BCUT2D eigenvalue weighted by Crippen LogP contribution is -2.36. The van der Waals surface area contributed by atoms with Crippen molar-refractivity contribution in [2.75, 3.05) is 10.6 Å². The quantitative estimate of drug-likeness (QED) is 0.241. The van der Waals surface area contributed by atoms with Gasteiger partial charge in [-0.3, -0.25) is 0 Å². The predicted octanol–water partition coefficient (Wildman–Crippen LogP) is 8.65. The van der Waals surface area contributed by atoms with Gasteiger partial charge in [0.25, 0.3) is 0 Å². The van der Waals surface area contributed by atoms with Crippen molar-refractivity contribution < 1.29 is 0 Å². The maximum absolute atomic E-state index is 10.4. The smallest absolute Gasteiger partial charge is 0.231 e. The summed E-state index contributed by atoms with van der Waals surface area (Å²) in [6.45, 7) is 16.5. The molecular formula is C34H40N8S. The Labute approximate surface area is 259 Å². The first-order valence-corrected chi connectivity index (χ1v) is 15.7. The van der Waals surface area contributed by atoms with Gasteiger partial charge in [-0.2, -0.15) is 10.5 Å². The van der Waals surface area contributed by atoms with E-state index in [9.17, 15) is 10.5 Å². The molecule has 2 atom stereocenters. The summed E-state index contributed by atoms with van der Waals surface area (Å²) in [6.07, 6.45) is 2.91. The largest absolute Gasteiger partial charge is 0.362 e. The van der Waals surface area contributed by atoms with Crippen molar-refractivity contribution in [2.24, 2.45) is 21.1 Å². The van der Waals surface area contributed by atoms with Gasteiger partial charge in [-0.05, 0) is 81.2 Å². The molecule has 1 aliphatic heterocycles. The van der Waals surface area contributed by atoms with Crippen molar-refractivity contribution >= 4 is 33.7 Å². The van der Waals surface area contributed by atoms with Gasteiger partial charge in [0.05, 0.1) is 11.8 Å². The Bertz CT molecular complexity index is 1650. The molecule has 0 fully saturated rings. The number of nitriles is 2. The molecule has 2 heterocycles. The summed E-state index contributed by atoms with van der Waals surface area (Å²) < 4.78 is 0. The zero-order chi connectivity index (χ0) is 31.3. The number of aliphatic imine (C=N–C) groups is 1. The summed E-state index contributed by atoms with van der Waals surface area (Å²) in [5, 5.41) is 36.5. The van der Waals surface area contributed by atoms with Crippen LogP contribution in [0.5, 0.6) is 0 Å². The number of anilines is 2. The lowest BCUT2D eigenvalue weighted by Gasteiger charge is -2.30. The van der Waals surface area contributed by atoms with Gasteiger partial charge >= 0.3 is 0 Å². The number of aryl methyl sites for hydroxylation is 7. The van der Waals surface area contributed by atoms with Crippen molar-refractivity contribution in [3.8, 4) is 12.1 Å². The van der Waals surface area contributed by atoms with Crippen LogP contribution >= 0.6 is 11.3 Å². The second kappa shape index (κ2) is 13.8. The van der Waals surface area contributed by atoms with Gasteiger partial charge in [0.1, 0.15) is 28.7 Å². The standard InChI is InChI=1S/C34H40N8S/c1-9-23-13-19(5)14-24(10-2)30(23)38-32-27(17-35)21(7)29(41-42-34-37-22(8)28(18-36)43-34)33(40-32)39-31-25(11-3)15-20(6)16-26(31)12-4/h13-16,27,32,38H,9-12H2,1-8H3,(H,39,40). The molecule has 0 bridgehead atoms. The molecule has 0 amide bonds. The molecule has 0 saturated carbocycles. The predicted molar refractivity (Wildman–Crippen MR) is 176 cm³/mol. The Morgan fingerprint density at radius 3 is 1.81 bits per heavy atom. The van der Waals surface area contributed by atoms with Crippen LogP contribution in [-0.2, 0) is 25.7 Å². The van der Waals surface area contributed by atoms with Gasteiger partial charge in [0.2, 0.25) is 5.13 Å². The molecule has 8 nitrogen and oxygen atoms in total. The highest BCUT2D eigenvalue weighted by Gasteiger charge is 2.33. The van der Waals surface area contributed by atoms with Gasteiger partial charge in [-0.1, -0.05) is 74.4 Å². The molecule has 43 heavy (non-hydrogen) atoms. The average Bonchev–Trinajstić information content (AvgIpc) is 3.36. The second-order valence-corrected chi connectivity index (χ2v) is 11.9. The highest BCUT2D eigenvalue weighted by molar-refractivity contribution is 7.15. The van der Waals surface area contributed by atoms with E-state index >= 15 is 0 Å². The van der Waals surface area contributed by atoms with Crippen molar-refractivity contribution in [3.05, 3.63) is 79.5 Å². The number of benzene rings is 2. The lowest BCUT2D eigenvalue weighted by atomic mass is 9.92. The van der Waals surface area contributed by atoms with Crippen LogP contribution in [-0.4, -0.2) is 17.0 Å². The van der Waals surface area contributed by atoms with Crippen molar-refractivity contribution in [1.29, 1.82) is 10.5 Å². The normalized spacial score (nSPS) is 16.7. The Balaban J connectivity index is 1.87. The summed E-state index contributed by atoms with van der Waals surface area (Å²) in [6, 6.07) is 13.4. The van der Waals surface area contributed by atoms with Crippen molar-refractivity contribution in [1.82, 2.24) is 4.98 Å². The molecule has 2 aromatic carbocycles. The fourth-order valence-corrected chi connectivity index (χ4v) is 6.26. The number of amidine groups is 1. The molecule has 1 aromatic heterocycles. The van der Waals surface area contributed by atoms with Crippen LogP contribution in [0.4, 0.5) is 16.5 Å². The van der Waals surface area contributed by atoms with E-state index in [0.29, 0.717) is 27.2 Å². The molecule has 0 spiro atoms. The number of hydrogen-bond acceptors (Lipinski definition) is 9. The minimum absolute atomic E-state index is 0.390. The second-order valence-electron chi connectivity index (χ2n) is 10.9. The molecule has 3 aromatic rings. The lowest BCUT2D eigenvalue weighted by molar-refractivity contribution is 0.614. The van der Waals surface area contributed by atoms with E-state index in [-0.39, 0.29) is 0 Å². The molecular weight excluding hydrogens is 552 g/mol. The van der Waals surface area contributed by atoms with E-state index in [0.717, 1.165) is 42.6 Å². The number of rotatable bonds is 9. The van der Waals surface area contributed by atoms with Crippen molar-refractivity contribution in [3.63, 3.8) is 0 Å². The highest BCUT2D eigenvalue weighted by Crippen LogP contribution is 2.35. The first-order valence-electron chi connectivity index (χ1n) is 14.9. The number of hydrogen-bond donors (Lipinski definition) is 2. The number of nitrogens with zero attached hydrogens (tertiary/aromatic N) is 6. The molecule has 1 aliphatic rings. The zero-order valence-corrected chi connectivity index (χ0v) is 27.2. The molecule has 0 aliphatic carbocycles. The highest BCUT2D eigenvalue weighted by atomic mass is 32.1. The van der Waals surface area contributed by atoms with Gasteiger partial charge < -0.3 is 10.6 Å². The Hall–Kier alpha value is -4.34. The third kappa shape index (κ3) is 6.68. The molecule has 9 heteroatoms. The monoisotopic (exact) mass is 592 g/mol. The van der Waals surface area contributed by atoms with Gasteiger partial charge in [-0.25, -0.2) is 9.98 Å². The molecule has 2 N–H and O–H groups in total. The van der Waals surface area contributed by atoms with Gasteiger partial charge in [0, 0.05) is 11.4 Å². The first kappa shape index (κ1) is 31.6. The van der Waals surface area contributed by atoms with E-state index in [2.05, 4.69) is 104 Å². The van der Waals surface area contributed by atoms with E-state index in [1.807, 2.05) is 6.92 Å². The molecule has 222 valence electrons. The van der Waals surface area contributed by atoms with Crippen LogP contribution in [0, 0.1) is 49.4 Å². The minimum Gasteiger partial charge on any atom is -0.362 e. The topological polar surface area (TPSA) is 122 Å². The fourth-order valence-electron chi connectivity index (χ4n) is 5.58. The van der Waals surface area contributed by atoms with E-state index in [4.69, 9.17) is 4.99 Å². The molecule has 0 radical (unpaired) electrons. The number of thiazole rings is 1. The third-order valence-electron chi connectivity index (χ3n) is 7.86. The van der Waals surface area contributed by atoms with E-state index in [1.165, 1.54) is 44.7 Å². The molecule has 0 saturated heterocycles. The van der Waals surface area contributed by atoms with Crippen LogP contribution in [0.15, 0.2) is 50.8 Å². The SMILES string of the molecule is CCc1cc(C)cc(CC)c1NC1=NC(Nc2c(CC)cc(C)cc2CC)C(C#N)C(C)=C1N=Nc1nc(C)c(C#N)s1. The summed E-state index contributed by atoms with van der Waals surface area (Å²) in [7, 11) is 0. The van der Waals surface area contributed by atoms with Gasteiger partial charge in [-0.15, -0.1) is 10.2 Å². The van der Waals surface area contributed by atoms with Crippen LogP contribution in [0.1, 0.15) is 78.6 Å². The number of aromatic nitrogens is 1. The van der Waals surface area contributed by atoms with Crippen LogP contribution < -0.4 is 10.6 Å². The number of azo groups is 1. The number of nitrogens with one attached hydrogen (secondary N) is 2. The first-order chi connectivity index (χ1) is 20.7. The van der Waals surface area contributed by atoms with Gasteiger partial charge in [0.15, 0.2) is 5.84 Å². The van der Waals surface area contributed by atoms with Crippen LogP contribution in [0.25, 0.3) is 0 Å². The summed E-state index contributed by atoms with van der Waals surface area (Å²) in [5.41, 5.74) is 11.2. The minimum atomic E-state index is -0.572. The van der Waals surface area contributed by atoms with Crippen molar-refractivity contribution in [2.45, 2.75) is 87.2 Å². The number of dihydropyridines is 1. The maximum atomic E-state index is 10.4. The molecule has 2 unspecified atom stereocenters. The summed E-state index contributed by atoms with van der Waals surface area (Å²) in [5.74, 6) is -0.0206. The third-order valence-corrected chi connectivity index (χ3v) is 8.81. The maximum Gasteiger partial charge on any atom is 0.231 e. The fraction of sp³-hybridized carbons (Fsp3) is 0.412. The van der Waals surface area contributed by atoms with Crippen LogP contribution in [0.2, 0.25) is 0 Å². The Kier molecular flexibility index (Phi) is 10.1. The Morgan fingerprint density at radius 2 is 1.35 bits per heavy atom. The summed E-state index contributed by atoms with van der Waals surface area (Å²) in [4.78, 5) is 10.0. The average molecular weight is 593 g/mol. The van der Waals surface area contributed by atoms with Crippen LogP contribution in [0.3, 0.4) is 0 Å². The van der Waals surface area contributed by atoms with E-state index < -0.39 is 12.1 Å². The summed E-state index contributed by atoms with van der Waals surface area (Å²) >= 11 is 1.19. The zero-order valence-electron chi connectivity index (χ0n) is 26.4. The van der Waals surface area contributed by atoms with E-state index in [1.54, 1.807) is 6.92 Å².